The fourth-order valence-corrected chi connectivity index (χ4v) is 3.85. The van der Waals surface area contributed by atoms with Gasteiger partial charge in [0.15, 0.2) is 0 Å². The molecule has 1 aliphatic heterocycles. The van der Waals surface area contributed by atoms with Crippen molar-refractivity contribution in [3.8, 4) is 6.07 Å². The van der Waals surface area contributed by atoms with Gasteiger partial charge in [-0.15, -0.1) is 0 Å². The van der Waals surface area contributed by atoms with Crippen molar-refractivity contribution >= 4 is 5.91 Å². The number of nitriles is 1. The summed E-state index contributed by atoms with van der Waals surface area (Å²) in [4.78, 5) is 13.9. The van der Waals surface area contributed by atoms with E-state index in [1.54, 1.807) is 7.05 Å². The number of nitrogens with zero attached hydrogens (tertiary/aromatic N) is 2. The molecule has 0 unspecified atom stereocenters. The Bertz CT molecular complexity index is 797. The van der Waals surface area contributed by atoms with E-state index in [-0.39, 0.29) is 5.91 Å². The van der Waals surface area contributed by atoms with E-state index < -0.39 is 0 Å². The third kappa shape index (κ3) is 5.94. The average molecular weight is 376 g/mol. The lowest BCUT2D eigenvalue weighted by atomic mass is 9.89. The third-order valence-corrected chi connectivity index (χ3v) is 5.66. The van der Waals surface area contributed by atoms with Crippen molar-refractivity contribution in [3.05, 3.63) is 70.8 Å². The van der Waals surface area contributed by atoms with Crippen LogP contribution in [0.15, 0.2) is 48.5 Å². The van der Waals surface area contributed by atoms with Gasteiger partial charge in [-0.1, -0.05) is 36.4 Å². The molecule has 146 valence electrons. The monoisotopic (exact) mass is 375 g/mol. The minimum atomic E-state index is 0.0943. The summed E-state index contributed by atoms with van der Waals surface area (Å²) in [6.07, 6.45) is 4.95. The van der Waals surface area contributed by atoms with Gasteiger partial charge in [0, 0.05) is 20.0 Å². The molecule has 0 aliphatic carbocycles. The molecule has 1 N–H and O–H groups in total. The molecule has 0 aromatic heterocycles. The van der Waals surface area contributed by atoms with Crippen LogP contribution in [-0.4, -0.2) is 30.9 Å². The summed E-state index contributed by atoms with van der Waals surface area (Å²) >= 11 is 0. The Balaban J connectivity index is 1.42. The first-order valence-corrected chi connectivity index (χ1v) is 10.2. The van der Waals surface area contributed by atoms with Crippen LogP contribution >= 0.6 is 0 Å². The van der Waals surface area contributed by atoms with Gasteiger partial charge in [-0.3, -0.25) is 9.69 Å². The van der Waals surface area contributed by atoms with Crippen molar-refractivity contribution in [3.63, 3.8) is 0 Å². The predicted octanol–water partition coefficient (Wildman–Crippen LogP) is 3.69. The number of nitrogens with one attached hydrogen (secondary N) is 1. The van der Waals surface area contributed by atoms with Crippen molar-refractivity contribution < 1.29 is 4.79 Å². The number of likely N-dealkylation sites (tertiary alicyclic amines) is 1. The molecule has 0 atom stereocenters. The van der Waals surface area contributed by atoms with E-state index in [2.05, 4.69) is 52.7 Å². The van der Waals surface area contributed by atoms with Crippen LogP contribution in [0.2, 0.25) is 0 Å². The third-order valence-electron chi connectivity index (χ3n) is 5.66. The van der Waals surface area contributed by atoms with E-state index in [1.807, 2.05) is 12.1 Å². The summed E-state index contributed by atoms with van der Waals surface area (Å²) in [6.45, 7) is 3.24. The molecule has 0 saturated carbocycles. The summed E-state index contributed by atoms with van der Waals surface area (Å²) in [7, 11) is 1.68. The van der Waals surface area contributed by atoms with Gasteiger partial charge in [0.1, 0.15) is 0 Å². The van der Waals surface area contributed by atoms with Gasteiger partial charge >= 0.3 is 0 Å². The van der Waals surface area contributed by atoms with Gasteiger partial charge in [-0.05, 0) is 73.5 Å². The van der Waals surface area contributed by atoms with Gasteiger partial charge in [0.2, 0.25) is 5.91 Å². The summed E-state index contributed by atoms with van der Waals surface area (Å²) < 4.78 is 0. The van der Waals surface area contributed by atoms with Crippen LogP contribution in [0.4, 0.5) is 0 Å². The lowest BCUT2D eigenvalue weighted by Crippen LogP contribution is -2.33. The van der Waals surface area contributed by atoms with Crippen LogP contribution in [0.25, 0.3) is 0 Å². The average Bonchev–Trinajstić information content (AvgIpc) is 2.75. The van der Waals surface area contributed by atoms with Gasteiger partial charge < -0.3 is 5.32 Å². The Morgan fingerprint density at radius 1 is 1.04 bits per heavy atom. The summed E-state index contributed by atoms with van der Waals surface area (Å²) in [5.74, 6) is 0.839. The van der Waals surface area contributed by atoms with Gasteiger partial charge in [-0.25, -0.2) is 0 Å². The van der Waals surface area contributed by atoms with E-state index in [0.717, 1.165) is 44.0 Å². The highest BCUT2D eigenvalue weighted by atomic mass is 16.1. The summed E-state index contributed by atoms with van der Waals surface area (Å²) in [6, 6.07) is 18.9. The van der Waals surface area contributed by atoms with Crippen molar-refractivity contribution in [2.75, 3.05) is 20.1 Å². The van der Waals surface area contributed by atoms with E-state index in [9.17, 15) is 4.79 Å². The highest BCUT2D eigenvalue weighted by molar-refractivity contribution is 5.75. The first-order chi connectivity index (χ1) is 13.7. The molecule has 4 nitrogen and oxygen atoms in total. The minimum absolute atomic E-state index is 0.0943. The molecular formula is C24H29N3O. The normalized spacial score (nSPS) is 15.1. The summed E-state index contributed by atoms with van der Waals surface area (Å²) in [5.41, 5.74) is 4.63. The van der Waals surface area contributed by atoms with Gasteiger partial charge in [-0.2, -0.15) is 5.26 Å². The molecule has 0 radical (unpaired) electrons. The number of rotatable bonds is 7. The fourth-order valence-electron chi connectivity index (χ4n) is 3.85. The smallest absolute Gasteiger partial charge is 0.220 e. The Labute approximate surface area is 168 Å². The Hall–Kier alpha value is -2.64. The van der Waals surface area contributed by atoms with Gasteiger partial charge in [0.25, 0.3) is 0 Å². The van der Waals surface area contributed by atoms with E-state index in [4.69, 9.17) is 5.26 Å². The number of benzene rings is 2. The van der Waals surface area contributed by atoms with Crippen LogP contribution in [0.3, 0.4) is 0 Å². The molecule has 1 heterocycles. The Kier molecular flexibility index (Phi) is 7.22. The van der Waals surface area contributed by atoms with Crippen LogP contribution in [0, 0.1) is 17.2 Å². The lowest BCUT2D eigenvalue weighted by Gasteiger charge is -2.32. The van der Waals surface area contributed by atoms with E-state index in [0.29, 0.717) is 6.42 Å². The number of aryl methyl sites for hydroxylation is 1. The molecule has 28 heavy (non-hydrogen) atoms. The second kappa shape index (κ2) is 10.1. The molecule has 0 spiro atoms. The zero-order valence-electron chi connectivity index (χ0n) is 16.7. The molecule has 4 heteroatoms. The Morgan fingerprint density at radius 2 is 1.64 bits per heavy atom. The molecule has 1 amide bonds. The lowest BCUT2D eigenvalue weighted by molar-refractivity contribution is -0.120. The van der Waals surface area contributed by atoms with Crippen LogP contribution in [0.1, 0.15) is 41.5 Å². The number of piperidine rings is 1. The Morgan fingerprint density at radius 3 is 2.25 bits per heavy atom. The summed E-state index contributed by atoms with van der Waals surface area (Å²) in [5, 5.41) is 11.6. The number of amides is 1. The minimum Gasteiger partial charge on any atom is -0.359 e. The van der Waals surface area contributed by atoms with Crippen LogP contribution in [-0.2, 0) is 24.2 Å². The maximum atomic E-state index is 11.4. The molecule has 1 aliphatic rings. The molecule has 0 bridgehead atoms. The first kappa shape index (κ1) is 20.1. The maximum absolute atomic E-state index is 11.4. The first-order valence-electron chi connectivity index (χ1n) is 10.2. The zero-order chi connectivity index (χ0) is 19.8. The quantitative estimate of drug-likeness (QED) is 0.803. The maximum Gasteiger partial charge on any atom is 0.220 e. The van der Waals surface area contributed by atoms with Crippen molar-refractivity contribution in [2.45, 2.75) is 38.6 Å². The predicted molar refractivity (Wildman–Crippen MR) is 112 cm³/mol. The van der Waals surface area contributed by atoms with Crippen molar-refractivity contribution in [2.24, 2.45) is 5.92 Å². The van der Waals surface area contributed by atoms with Crippen molar-refractivity contribution in [1.82, 2.24) is 10.2 Å². The molecule has 3 rings (SSSR count). The molecule has 1 fully saturated rings. The highest BCUT2D eigenvalue weighted by Gasteiger charge is 2.19. The van der Waals surface area contributed by atoms with E-state index >= 15 is 0 Å². The van der Waals surface area contributed by atoms with E-state index in [1.165, 1.54) is 29.5 Å². The number of hydrogen-bond donors (Lipinski definition) is 1. The molecular weight excluding hydrogens is 346 g/mol. The fraction of sp³-hybridized carbons (Fsp3) is 0.417. The molecule has 1 saturated heterocycles. The molecule has 2 aromatic rings. The topological polar surface area (TPSA) is 56.1 Å². The van der Waals surface area contributed by atoms with Gasteiger partial charge in [0.05, 0.1) is 11.6 Å². The van der Waals surface area contributed by atoms with Crippen molar-refractivity contribution in [1.29, 1.82) is 5.26 Å². The highest BCUT2D eigenvalue weighted by Crippen LogP contribution is 2.23. The number of carbonyl (C=O) groups excluding carboxylic acids is 1. The second-order valence-corrected chi connectivity index (χ2v) is 7.72. The van der Waals surface area contributed by atoms with Crippen LogP contribution < -0.4 is 5.32 Å². The SMILES string of the molecule is CNC(=O)CCc1ccc(CC2CCN(Cc3ccc(C#N)cc3)CC2)cc1. The largest absolute Gasteiger partial charge is 0.359 e. The zero-order valence-corrected chi connectivity index (χ0v) is 16.7. The standard InChI is InChI=1S/C24H29N3O/c1-26-24(28)11-10-19-2-4-20(5-3-19)16-21-12-14-27(15-13-21)18-23-8-6-22(17-25)7-9-23/h2-9,21H,10-16,18H2,1H3,(H,26,28). The number of hydrogen-bond acceptors (Lipinski definition) is 3. The molecule has 2 aromatic carbocycles. The van der Waals surface area contributed by atoms with Crippen LogP contribution in [0.5, 0.6) is 0 Å². The number of carbonyl (C=O) groups is 1. The second-order valence-electron chi connectivity index (χ2n) is 7.72.